The van der Waals surface area contributed by atoms with Gasteiger partial charge in [0.1, 0.15) is 46.5 Å². The van der Waals surface area contributed by atoms with Crippen LogP contribution >= 0.6 is 0 Å². The number of nitrogens with one attached hydrogen (secondary N) is 1. The van der Waals surface area contributed by atoms with Crippen LogP contribution in [0.5, 0.6) is 0 Å². The number of nitrogens with zero attached hydrogens (tertiary/aromatic N) is 8. The molecule has 9 nitrogen and oxygen atoms in total. The molecule has 6 aromatic rings. The van der Waals surface area contributed by atoms with Gasteiger partial charge in [0.2, 0.25) is 0 Å². The van der Waals surface area contributed by atoms with Gasteiger partial charge in [-0.25, -0.2) is 80.0 Å². The molecule has 0 radical (unpaired) electrons. The second kappa shape index (κ2) is 9.09. The van der Waals surface area contributed by atoms with Crippen molar-refractivity contribution in [3.05, 3.63) is 128 Å². The number of hydrogen-bond donors (Lipinski definition) is 1. The number of benzene rings is 4. The molecule has 6 bridgehead atoms. The Kier molecular flexibility index (Phi) is 5.12. The van der Waals surface area contributed by atoms with Crippen molar-refractivity contribution in [1.82, 2.24) is 9.35 Å². The molecule has 17 heteroatoms. The number of hydrogen-bond acceptors (Lipinski definition) is 7. The highest BCUT2D eigenvalue weighted by molar-refractivity contribution is 6.25. The first-order valence-corrected chi connectivity index (χ1v) is 14.2. The molecule has 0 saturated heterocycles. The summed E-state index contributed by atoms with van der Waals surface area (Å²) in [5, 5.41) is -2.24. The van der Waals surface area contributed by atoms with Gasteiger partial charge in [0.15, 0.2) is 46.0 Å². The van der Waals surface area contributed by atoms with E-state index in [1.54, 1.807) is 0 Å². The molecule has 6 heterocycles. The highest BCUT2D eigenvalue weighted by atomic mass is 19.2. The number of aromatic nitrogens is 2. The summed E-state index contributed by atoms with van der Waals surface area (Å²) < 4.78 is 127. The van der Waals surface area contributed by atoms with Crippen LogP contribution in [-0.2, 0) is 0 Å². The van der Waals surface area contributed by atoms with Gasteiger partial charge in [-0.05, 0) is 48.5 Å². The van der Waals surface area contributed by atoms with Gasteiger partial charge in [-0.1, -0.05) is 0 Å². The molecule has 0 spiro atoms. The van der Waals surface area contributed by atoms with Gasteiger partial charge >= 0.3 is 0 Å². The van der Waals surface area contributed by atoms with Crippen molar-refractivity contribution in [2.75, 3.05) is 5.53 Å². The third kappa shape index (κ3) is 3.42. The standard InChI is InChI=1S/C32H9F8N9/c33-9-1-2-10(34)18-17(9)25-41-26(18)44-30-23-15(39)7-8-16(40)24(23)32-46-28-20-12(36)4-3-11(35)19(20)27(42-28)45-31-22-14(38)6-5-13(37)21(22)29(43-25)48(31)47-49(30)32/h1-8,47H. The average molecular weight is 671 g/mol. The molecule has 0 amide bonds. The summed E-state index contributed by atoms with van der Waals surface area (Å²) >= 11 is 0. The molecular weight excluding hydrogens is 662 g/mol. The zero-order valence-electron chi connectivity index (χ0n) is 23.7. The van der Waals surface area contributed by atoms with Gasteiger partial charge in [0.25, 0.3) is 0 Å². The number of aliphatic imine (C=N–C) groups is 4. The maximum Gasteiger partial charge on any atom is 0.168 e. The number of rotatable bonds is 0. The van der Waals surface area contributed by atoms with E-state index in [2.05, 4.69) is 35.5 Å². The summed E-state index contributed by atoms with van der Waals surface area (Å²) in [7, 11) is 0. The average Bonchev–Trinajstić information content (AvgIpc) is 3.79. The van der Waals surface area contributed by atoms with Crippen LogP contribution in [0, 0.1) is 46.5 Å². The fourth-order valence-corrected chi connectivity index (χ4v) is 6.47. The van der Waals surface area contributed by atoms with Crippen molar-refractivity contribution < 1.29 is 35.1 Å². The van der Waals surface area contributed by atoms with Crippen molar-refractivity contribution in [3.63, 3.8) is 0 Å². The van der Waals surface area contributed by atoms with Gasteiger partial charge in [-0.3, -0.25) is 0 Å². The molecular formula is C32H9F8N9. The van der Waals surface area contributed by atoms with Crippen molar-refractivity contribution >= 4 is 56.5 Å². The molecule has 0 atom stereocenters. The van der Waals surface area contributed by atoms with Crippen LogP contribution in [0.15, 0.2) is 78.5 Å². The van der Waals surface area contributed by atoms with E-state index in [-0.39, 0.29) is 0 Å². The van der Waals surface area contributed by atoms with E-state index >= 15 is 35.1 Å². The van der Waals surface area contributed by atoms with E-state index in [1.807, 2.05) is 0 Å². The van der Waals surface area contributed by atoms with Crippen molar-refractivity contribution in [1.29, 1.82) is 0 Å². The zero-order valence-corrected chi connectivity index (χ0v) is 23.7. The minimum absolute atomic E-state index is 0.509. The third-order valence-electron chi connectivity index (χ3n) is 8.52. The van der Waals surface area contributed by atoms with Gasteiger partial charge in [-0.15, -0.1) is 0 Å². The maximum atomic E-state index is 15.8. The maximum absolute atomic E-state index is 15.8. The van der Waals surface area contributed by atoms with Gasteiger partial charge in [-0.2, -0.15) is 0 Å². The lowest BCUT2D eigenvalue weighted by Crippen LogP contribution is -2.39. The predicted molar refractivity (Wildman–Crippen MR) is 159 cm³/mol. The Morgan fingerprint density at radius 2 is 0.653 bits per heavy atom. The quantitative estimate of drug-likeness (QED) is 0.208. The Bertz CT molecular complexity index is 2710. The molecule has 0 unspecified atom stereocenters. The molecule has 0 saturated carbocycles. The van der Waals surface area contributed by atoms with Crippen LogP contribution in [0.4, 0.5) is 46.8 Å². The Balaban J connectivity index is 1.52. The van der Waals surface area contributed by atoms with Crippen molar-refractivity contribution in [2.45, 2.75) is 0 Å². The Hall–Kier alpha value is -6.52. The van der Waals surface area contributed by atoms with E-state index in [0.717, 1.165) is 57.9 Å². The van der Waals surface area contributed by atoms with Crippen LogP contribution in [-0.4, -0.2) is 32.7 Å². The summed E-state index contributed by atoms with van der Waals surface area (Å²) in [6.07, 6.45) is 0. The zero-order chi connectivity index (χ0) is 33.6. The number of halogens is 8. The molecule has 2 aromatic heterocycles. The lowest BCUT2D eigenvalue weighted by atomic mass is 10.1. The number of amidine groups is 4. The van der Waals surface area contributed by atoms with Gasteiger partial charge in [0, 0.05) is 0 Å². The molecule has 0 fully saturated rings. The van der Waals surface area contributed by atoms with E-state index in [1.165, 1.54) is 0 Å². The highest BCUT2D eigenvalue weighted by Gasteiger charge is 2.36. The van der Waals surface area contributed by atoms with Crippen LogP contribution in [0.2, 0.25) is 0 Å². The highest BCUT2D eigenvalue weighted by Crippen LogP contribution is 2.43. The predicted octanol–water partition coefficient (Wildman–Crippen LogP) is 5.66. The Labute approximate surface area is 264 Å². The second-order valence-electron chi connectivity index (χ2n) is 11.1. The second-order valence-corrected chi connectivity index (χ2v) is 11.1. The van der Waals surface area contributed by atoms with Crippen LogP contribution in [0.25, 0.3) is 21.5 Å². The summed E-state index contributed by atoms with van der Waals surface area (Å²) in [4.78, 5) is 25.7. The smallest absolute Gasteiger partial charge is 0.168 e. The normalized spacial score (nSPS) is 15.1. The molecule has 1 N–H and O–H groups in total. The van der Waals surface area contributed by atoms with E-state index in [4.69, 9.17) is 0 Å². The molecule has 0 aliphatic carbocycles. The molecule has 238 valence electrons. The summed E-state index contributed by atoms with van der Waals surface area (Å²) in [5.74, 6) is -11.6. The number of fused-ring (bicyclic) bond motifs is 14. The fourth-order valence-electron chi connectivity index (χ4n) is 6.47. The SMILES string of the molecule is Fc1ccc(F)c2c1C1=NC2=Nc2c3c(F)ccc(F)c3c3n2Nn2c(c4c(F)ccc(F)c4c2=NC2=NC(=N3)c3c(F)ccc(F)c32)=N1. The summed E-state index contributed by atoms with van der Waals surface area (Å²) in [6, 6.07) is 6.27. The van der Waals surface area contributed by atoms with Crippen LogP contribution in [0.1, 0.15) is 22.3 Å². The Morgan fingerprint density at radius 3 is 1.02 bits per heavy atom. The van der Waals surface area contributed by atoms with Gasteiger partial charge < -0.3 is 0 Å². The first-order valence-electron chi connectivity index (χ1n) is 14.2. The van der Waals surface area contributed by atoms with E-state index in [9.17, 15) is 0 Å². The lowest BCUT2D eigenvalue weighted by molar-refractivity contribution is 0.596. The van der Waals surface area contributed by atoms with Crippen LogP contribution < -0.4 is 16.5 Å². The Morgan fingerprint density at radius 1 is 0.347 bits per heavy atom. The van der Waals surface area contributed by atoms with Crippen molar-refractivity contribution in [2.24, 2.45) is 30.0 Å². The minimum atomic E-state index is -1.07. The molecule has 4 aliphatic rings. The topological polar surface area (TPSA) is 96.0 Å². The fraction of sp³-hybridized carbons (Fsp3) is 0. The minimum Gasteiger partial charge on any atom is -0.224 e. The molecule has 49 heavy (non-hydrogen) atoms. The van der Waals surface area contributed by atoms with E-state index in [0.29, 0.717) is 0 Å². The third-order valence-corrected chi connectivity index (χ3v) is 8.52. The molecule has 4 aliphatic heterocycles. The first-order chi connectivity index (χ1) is 23.6. The monoisotopic (exact) mass is 671 g/mol. The van der Waals surface area contributed by atoms with E-state index < -0.39 is 136 Å². The molecule has 4 aromatic carbocycles. The molecule has 10 rings (SSSR count). The van der Waals surface area contributed by atoms with Gasteiger partial charge in [0.05, 0.1) is 43.8 Å². The summed E-state index contributed by atoms with van der Waals surface area (Å²) in [6.45, 7) is 0. The van der Waals surface area contributed by atoms with Crippen molar-refractivity contribution in [3.8, 4) is 0 Å². The van der Waals surface area contributed by atoms with Crippen LogP contribution in [0.3, 0.4) is 0 Å². The largest absolute Gasteiger partial charge is 0.224 e. The summed E-state index contributed by atoms with van der Waals surface area (Å²) in [5.41, 5.74) is -0.381. The lowest BCUT2D eigenvalue weighted by Gasteiger charge is -2.14. The first kappa shape index (κ1) is 27.6.